The lowest BCUT2D eigenvalue weighted by Crippen LogP contribution is -2.59. The maximum Gasteiger partial charge on any atom is 0.238 e. The van der Waals surface area contributed by atoms with E-state index in [1.165, 1.54) is 6.42 Å². The van der Waals surface area contributed by atoms with Gasteiger partial charge in [-0.25, -0.2) is 0 Å². The van der Waals surface area contributed by atoms with E-state index in [-0.39, 0.29) is 5.91 Å². The normalized spacial score (nSPS) is 23.3. The van der Waals surface area contributed by atoms with Gasteiger partial charge in [0.15, 0.2) is 0 Å². The minimum Gasteiger partial charge on any atom is -0.377 e. The second-order valence-electron chi connectivity index (χ2n) is 5.81. The van der Waals surface area contributed by atoms with E-state index in [0.717, 1.165) is 39.0 Å². The quantitative estimate of drug-likeness (QED) is 0.683. The number of carbonyl (C=O) groups is 1. The number of carbonyl (C=O) groups excluding carboxylic acids is 1. The Labute approximate surface area is 116 Å². The van der Waals surface area contributed by atoms with E-state index in [2.05, 4.69) is 17.1 Å². The second-order valence-corrected chi connectivity index (χ2v) is 5.81. The van der Waals surface area contributed by atoms with Crippen molar-refractivity contribution >= 4 is 5.91 Å². The van der Waals surface area contributed by atoms with Crippen LogP contribution in [0.5, 0.6) is 0 Å². The standard InChI is InChI=1S/C14H29N3O2/c1-4-8-16-14(2,13(15)18)11-17(3)10-12-7-5-6-9-19-12/h12,16H,4-11H2,1-3H3,(H2,15,18). The largest absolute Gasteiger partial charge is 0.377 e. The number of rotatable bonds is 8. The van der Waals surface area contributed by atoms with Gasteiger partial charge in [0.25, 0.3) is 0 Å². The van der Waals surface area contributed by atoms with Crippen LogP contribution in [0.2, 0.25) is 0 Å². The Bertz CT molecular complexity index is 280. The van der Waals surface area contributed by atoms with Crippen molar-refractivity contribution in [1.29, 1.82) is 0 Å². The average molecular weight is 271 g/mol. The Morgan fingerprint density at radius 2 is 2.26 bits per heavy atom. The first-order valence-electron chi connectivity index (χ1n) is 7.33. The van der Waals surface area contributed by atoms with Crippen LogP contribution in [-0.2, 0) is 9.53 Å². The summed E-state index contributed by atoms with van der Waals surface area (Å²) in [4.78, 5) is 13.8. The monoisotopic (exact) mass is 271 g/mol. The summed E-state index contributed by atoms with van der Waals surface area (Å²) in [5.74, 6) is -0.294. The summed E-state index contributed by atoms with van der Waals surface area (Å²) in [5.41, 5.74) is 4.87. The van der Waals surface area contributed by atoms with Crippen molar-refractivity contribution in [2.24, 2.45) is 5.73 Å². The van der Waals surface area contributed by atoms with Gasteiger partial charge in [-0.15, -0.1) is 0 Å². The van der Waals surface area contributed by atoms with Crippen LogP contribution in [0.1, 0.15) is 39.5 Å². The number of hydrogen-bond acceptors (Lipinski definition) is 4. The zero-order valence-electron chi connectivity index (χ0n) is 12.6. The zero-order chi connectivity index (χ0) is 14.3. The van der Waals surface area contributed by atoms with Crippen LogP contribution in [0.4, 0.5) is 0 Å². The molecule has 0 radical (unpaired) electrons. The molecule has 0 bridgehead atoms. The van der Waals surface area contributed by atoms with Gasteiger partial charge in [0.05, 0.1) is 6.10 Å². The SMILES string of the molecule is CCCNC(C)(CN(C)CC1CCCCO1)C(N)=O. The third-order valence-corrected chi connectivity index (χ3v) is 3.68. The predicted octanol–water partition coefficient (Wildman–Crippen LogP) is 0.731. The summed E-state index contributed by atoms with van der Waals surface area (Å²) in [6, 6.07) is 0. The lowest BCUT2D eigenvalue weighted by molar-refractivity contribution is -0.124. The molecule has 0 aromatic rings. The summed E-state index contributed by atoms with van der Waals surface area (Å²) in [5, 5.41) is 3.26. The molecule has 5 heteroatoms. The lowest BCUT2D eigenvalue weighted by Gasteiger charge is -2.34. The van der Waals surface area contributed by atoms with Gasteiger partial charge in [0.2, 0.25) is 5.91 Å². The van der Waals surface area contributed by atoms with Gasteiger partial charge in [0, 0.05) is 19.7 Å². The Morgan fingerprint density at radius 1 is 1.53 bits per heavy atom. The van der Waals surface area contributed by atoms with Crippen molar-refractivity contribution < 1.29 is 9.53 Å². The first kappa shape index (κ1) is 16.4. The van der Waals surface area contributed by atoms with E-state index in [9.17, 15) is 4.79 Å². The van der Waals surface area contributed by atoms with E-state index in [0.29, 0.717) is 12.6 Å². The highest BCUT2D eigenvalue weighted by atomic mass is 16.5. The van der Waals surface area contributed by atoms with Gasteiger partial charge >= 0.3 is 0 Å². The summed E-state index contributed by atoms with van der Waals surface area (Å²) >= 11 is 0. The Hall–Kier alpha value is -0.650. The summed E-state index contributed by atoms with van der Waals surface area (Å²) in [6.45, 7) is 7.09. The predicted molar refractivity (Wildman–Crippen MR) is 77.0 cm³/mol. The Balaban J connectivity index is 2.45. The molecule has 19 heavy (non-hydrogen) atoms. The number of ether oxygens (including phenoxy) is 1. The van der Waals surface area contributed by atoms with Crippen LogP contribution in [0.15, 0.2) is 0 Å². The highest BCUT2D eigenvalue weighted by Crippen LogP contribution is 2.14. The fourth-order valence-electron chi connectivity index (χ4n) is 2.53. The molecule has 2 atom stereocenters. The molecule has 112 valence electrons. The van der Waals surface area contributed by atoms with Crippen LogP contribution in [0.25, 0.3) is 0 Å². The second kappa shape index (κ2) is 7.82. The minimum absolute atomic E-state index is 0.294. The molecule has 5 nitrogen and oxygen atoms in total. The Morgan fingerprint density at radius 3 is 2.79 bits per heavy atom. The minimum atomic E-state index is -0.667. The van der Waals surface area contributed by atoms with E-state index in [1.54, 1.807) is 0 Å². The first-order chi connectivity index (χ1) is 8.98. The molecule has 1 amide bonds. The number of nitrogens with two attached hydrogens (primary N) is 1. The van der Waals surface area contributed by atoms with Gasteiger partial charge in [0.1, 0.15) is 5.54 Å². The van der Waals surface area contributed by atoms with Crippen LogP contribution < -0.4 is 11.1 Å². The molecule has 1 fully saturated rings. The van der Waals surface area contributed by atoms with Crippen LogP contribution in [0.3, 0.4) is 0 Å². The number of likely N-dealkylation sites (N-methyl/N-ethyl adjacent to an activating group) is 1. The van der Waals surface area contributed by atoms with E-state index in [4.69, 9.17) is 10.5 Å². The smallest absolute Gasteiger partial charge is 0.238 e. The van der Waals surface area contributed by atoms with Crippen molar-refractivity contribution in [3.8, 4) is 0 Å². The van der Waals surface area contributed by atoms with Crippen molar-refractivity contribution in [3.63, 3.8) is 0 Å². The van der Waals surface area contributed by atoms with Crippen LogP contribution >= 0.6 is 0 Å². The fourth-order valence-corrected chi connectivity index (χ4v) is 2.53. The number of nitrogens with one attached hydrogen (secondary N) is 1. The lowest BCUT2D eigenvalue weighted by atomic mass is 10.00. The van der Waals surface area contributed by atoms with Crippen molar-refractivity contribution in [1.82, 2.24) is 10.2 Å². The molecule has 1 saturated heterocycles. The average Bonchev–Trinajstić information content (AvgIpc) is 2.37. The third kappa shape index (κ3) is 5.47. The summed E-state index contributed by atoms with van der Waals surface area (Å²) < 4.78 is 5.73. The van der Waals surface area contributed by atoms with E-state index in [1.807, 2.05) is 14.0 Å². The molecule has 2 unspecified atom stereocenters. The van der Waals surface area contributed by atoms with Gasteiger partial charge < -0.3 is 20.7 Å². The third-order valence-electron chi connectivity index (χ3n) is 3.68. The topological polar surface area (TPSA) is 67.6 Å². The molecule has 0 aromatic heterocycles. The maximum absolute atomic E-state index is 11.7. The molecule has 0 saturated carbocycles. The van der Waals surface area contributed by atoms with Gasteiger partial charge in [-0.2, -0.15) is 0 Å². The highest BCUT2D eigenvalue weighted by Gasteiger charge is 2.32. The number of amides is 1. The molecule has 1 heterocycles. The first-order valence-corrected chi connectivity index (χ1v) is 7.33. The molecule has 0 aromatic carbocycles. The van der Waals surface area contributed by atoms with Crippen molar-refractivity contribution in [2.75, 3.05) is 33.3 Å². The molecular formula is C14H29N3O2. The molecule has 0 aliphatic carbocycles. The molecule has 1 aliphatic heterocycles. The number of hydrogen-bond donors (Lipinski definition) is 2. The highest BCUT2D eigenvalue weighted by molar-refractivity contribution is 5.84. The van der Waals surface area contributed by atoms with E-state index >= 15 is 0 Å². The van der Waals surface area contributed by atoms with Crippen molar-refractivity contribution in [3.05, 3.63) is 0 Å². The van der Waals surface area contributed by atoms with Crippen molar-refractivity contribution in [2.45, 2.75) is 51.2 Å². The molecular weight excluding hydrogens is 242 g/mol. The summed E-state index contributed by atoms with van der Waals surface area (Å²) in [6.07, 6.45) is 4.79. The van der Waals surface area contributed by atoms with Crippen LogP contribution in [0, 0.1) is 0 Å². The molecule has 1 aliphatic rings. The molecule has 1 rings (SSSR count). The number of primary amides is 1. The van der Waals surface area contributed by atoms with Crippen LogP contribution in [-0.4, -0.2) is 55.7 Å². The Kier molecular flexibility index (Phi) is 6.75. The van der Waals surface area contributed by atoms with E-state index < -0.39 is 5.54 Å². The molecule has 3 N–H and O–H groups in total. The van der Waals surface area contributed by atoms with Gasteiger partial charge in [-0.3, -0.25) is 4.79 Å². The fraction of sp³-hybridized carbons (Fsp3) is 0.929. The maximum atomic E-state index is 11.7. The van der Waals surface area contributed by atoms with Gasteiger partial charge in [-0.1, -0.05) is 6.92 Å². The van der Waals surface area contributed by atoms with Gasteiger partial charge in [-0.05, 0) is 46.2 Å². The zero-order valence-corrected chi connectivity index (χ0v) is 12.6. The number of nitrogens with zero attached hydrogens (tertiary/aromatic N) is 1. The summed E-state index contributed by atoms with van der Waals surface area (Å²) in [7, 11) is 2.02. The molecule has 0 spiro atoms.